The smallest absolute Gasteiger partial charge is 0.303 e. The van der Waals surface area contributed by atoms with Crippen LogP contribution < -0.4 is 0 Å². The molecule has 74 valence electrons. The summed E-state index contributed by atoms with van der Waals surface area (Å²) < 4.78 is 0. The lowest BCUT2D eigenvalue weighted by Crippen LogP contribution is -2.14. The molecule has 1 N–H and O–H groups in total. The summed E-state index contributed by atoms with van der Waals surface area (Å²) in [7, 11) is 0. The predicted molar refractivity (Wildman–Crippen MR) is 54.0 cm³/mol. The molecular formula is C10H16O2S. The molecule has 0 radical (unpaired) electrons. The second kappa shape index (κ2) is 3.52. The minimum atomic E-state index is -0.634. The van der Waals surface area contributed by atoms with E-state index in [4.69, 9.17) is 5.11 Å². The van der Waals surface area contributed by atoms with Gasteiger partial charge in [-0.3, -0.25) is 4.79 Å². The lowest BCUT2D eigenvalue weighted by atomic mass is 9.97. The second-order valence-corrected chi connectivity index (χ2v) is 5.46. The Bertz CT molecular complexity index is 209. The molecule has 1 saturated carbocycles. The molecule has 0 bridgehead atoms. The van der Waals surface area contributed by atoms with Crippen LogP contribution in [0.5, 0.6) is 0 Å². The Labute approximate surface area is 83.1 Å². The molecule has 2 atom stereocenters. The van der Waals surface area contributed by atoms with Crippen molar-refractivity contribution in [3.63, 3.8) is 0 Å². The van der Waals surface area contributed by atoms with Crippen LogP contribution in [0, 0.1) is 11.3 Å². The molecule has 2 fully saturated rings. The summed E-state index contributed by atoms with van der Waals surface area (Å²) >= 11 is 2.05. The van der Waals surface area contributed by atoms with Crippen molar-refractivity contribution in [2.45, 2.75) is 32.1 Å². The fourth-order valence-electron chi connectivity index (χ4n) is 2.49. The summed E-state index contributed by atoms with van der Waals surface area (Å²) in [6, 6.07) is 0. The first-order chi connectivity index (χ1) is 6.23. The van der Waals surface area contributed by atoms with E-state index in [1.807, 2.05) is 0 Å². The molecule has 3 heteroatoms. The van der Waals surface area contributed by atoms with Crippen molar-refractivity contribution >= 4 is 17.7 Å². The van der Waals surface area contributed by atoms with E-state index in [2.05, 4.69) is 11.8 Å². The minimum absolute atomic E-state index is 0.372. The van der Waals surface area contributed by atoms with E-state index in [9.17, 15) is 4.79 Å². The average Bonchev–Trinajstić information content (AvgIpc) is 2.77. The Morgan fingerprint density at radius 2 is 2.46 bits per heavy atom. The SMILES string of the molecule is O=C(O)CCC1CC12CCCSC2. The number of carboxylic acid groups (broad SMARTS) is 1. The molecule has 2 aliphatic rings. The van der Waals surface area contributed by atoms with Gasteiger partial charge in [0.25, 0.3) is 0 Å². The van der Waals surface area contributed by atoms with Crippen LogP contribution in [0.15, 0.2) is 0 Å². The molecule has 2 unspecified atom stereocenters. The van der Waals surface area contributed by atoms with Crippen LogP contribution in [-0.4, -0.2) is 22.6 Å². The highest BCUT2D eigenvalue weighted by Gasteiger charge is 2.53. The van der Waals surface area contributed by atoms with Gasteiger partial charge in [0.2, 0.25) is 0 Å². The monoisotopic (exact) mass is 200 g/mol. The van der Waals surface area contributed by atoms with Gasteiger partial charge >= 0.3 is 5.97 Å². The first-order valence-electron chi connectivity index (χ1n) is 5.02. The van der Waals surface area contributed by atoms with Crippen LogP contribution in [0.2, 0.25) is 0 Å². The number of aliphatic carboxylic acids is 1. The van der Waals surface area contributed by atoms with Gasteiger partial charge in [-0.1, -0.05) is 0 Å². The average molecular weight is 200 g/mol. The van der Waals surface area contributed by atoms with Crippen LogP contribution in [0.3, 0.4) is 0 Å². The summed E-state index contributed by atoms with van der Waals surface area (Å²) in [5.41, 5.74) is 0.582. The minimum Gasteiger partial charge on any atom is -0.481 e. The summed E-state index contributed by atoms with van der Waals surface area (Å²) in [6.07, 6.45) is 5.28. The highest BCUT2D eigenvalue weighted by atomic mass is 32.2. The topological polar surface area (TPSA) is 37.3 Å². The van der Waals surface area contributed by atoms with Crippen LogP contribution >= 0.6 is 11.8 Å². The summed E-state index contributed by atoms with van der Waals surface area (Å²) in [5.74, 6) is 2.70. The van der Waals surface area contributed by atoms with Gasteiger partial charge in [0.15, 0.2) is 0 Å². The standard InChI is InChI=1S/C10H16O2S/c11-9(12)3-2-8-6-10(8)4-1-5-13-7-10/h8H,1-7H2,(H,11,12). The molecule has 1 spiro atoms. The van der Waals surface area contributed by atoms with E-state index < -0.39 is 5.97 Å². The molecule has 1 heterocycles. The molecule has 2 nitrogen and oxygen atoms in total. The number of hydrogen-bond donors (Lipinski definition) is 1. The lowest BCUT2D eigenvalue weighted by molar-refractivity contribution is -0.137. The molecule has 1 aliphatic carbocycles. The molecule has 0 aromatic carbocycles. The third-order valence-corrected chi connectivity index (χ3v) is 4.77. The third kappa shape index (κ3) is 2.01. The third-order valence-electron chi connectivity index (χ3n) is 3.42. The summed E-state index contributed by atoms with van der Waals surface area (Å²) in [5, 5.41) is 8.57. The van der Waals surface area contributed by atoms with Crippen molar-refractivity contribution in [2.24, 2.45) is 11.3 Å². The molecule has 0 aromatic rings. The molecule has 2 rings (SSSR count). The summed E-state index contributed by atoms with van der Waals surface area (Å²) in [6.45, 7) is 0. The van der Waals surface area contributed by atoms with Crippen LogP contribution in [0.25, 0.3) is 0 Å². The summed E-state index contributed by atoms with van der Waals surface area (Å²) in [4.78, 5) is 10.4. The molecule has 0 amide bonds. The maximum Gasteiger partial charge on any atom is 0.303 e. The molecule has 0 aromatic heterocycles. The van der Waals surface area contributed by atoms with E-state index in [1.165, 1.54) is 30.8 Å². The lowest BCUT2D eigenvalue weighted by Gasteiger charge is -2.21. The quantitative estimate of drug-likeness (QED) is 0.760. The van der Waals surface area contributed by atoms with Crippen molar-refractivity contribution in [1.82, 2.24) is 0 Å². The van der Waals surface area contributed by atoms with Crippen LogP contribution in [-0.2, 0) is 4.79 Å². The van der Waals surface area contributed by atoms with Crippen molar-refractivity contribution in [2.75, 3.05) is 11.5 Å². The zero-order chi connectivity index (χ0) is 9.31. The highest BCUT2D eigenvalue weighted by molar-refractivity contribution is 7.99. The second-order valence-electron chi connectivity index (χ2n) is 4.35. The Hall–Kier alpha value is -0.180. The zero-order valence-corrected chi connectivity index (χ0v) is 8.61. The van der Waals surface area contributed by atoms with Crippen molar-refractivity contribution in [1.29, 1.82) is 0 Å². The zero-order valence-electron chi connectivity index (χ0n) is 7.79. The number of hydrogen-bond acceptors (Lipinski definition) is 2. The van der Waals surface area contributed by atoms with Gasteiger partial charge in [-0.05, 0) is 48.5 Å². The molecular weight excluding hydrogens is 184 g/mol. The van der Waals surface area contributed by atoms with Crippen LogP contribution in [0.4, 0.5) is 0 Å². The van der Waals surface area contributed by atoms with Gasteiger partial charge < -0.3 is 5.11 Å². The maximum atomic E-state index is 10.4. The fraction of sp³-hybridized carbons (Fsp3) is 0.900. The Morgan fingerprint density at radius 3 is 3.08 bits per heavy atom. The van der Waals surface area contributed by atoms with Crippen LogP contribution in [0.1, 0.15) is 32.1 Å². The fourth-order valence-corrected chi connectivity index (χ4v) is 3.89. The Kier molecular flexibility index (Phi) is 2.54. The molecule has 1 aliphatic heterocycles. The largest absolute Gasteiger partial charge is 0.481 e. The first kappa shape index (κ1) is 9.38. The van der Waals surface area contributed by atoms with E-state index in [-0.39, 0.29) is 0 Å². The van der Waals surface area contributed by atoms with E-state index >= 15 is 0 Å². The number of rotatable bonds is 3. The van der Waals surface area contributed by atoms with Gasteiger partial charge in [-0.2, -0.15) is 11.8 Å². The van der Waals surface area contributed by atoms with Crippen molar-refractivity contribution in [3.8, 4) is 0 Å². The Balaban J connectivity index is 1.76. The van der Waals surface area contributed by atoms with Gasteiger partial charge in [0.1, 0.15) is 0 Å². The van der Waals surface area contributed by atoms with E-state index in [1.54, 1.807) is 0 Å². The van der Waals surface area contributed by atoms with Crippen molar-refractivity contribution < 1.29 is 9.90 Å². The predicted octanol–water partition coefficient (Wildman–Crippen LogP) is 2.38. The number of thioether (sulfide) groups is 1. The van der Waals surface area contributed by atoms with Gasteiger partial charge in [0.05, 0.1) is 0 Å². The highest BCUT2D eigenvalue weighted by Crippen LogP contribution is 2.61. The van der Waals surface area contributed by atoms with E-state index in [0.29, 0.717) is 11.8 Å². The van der Waals surface area contributed by atoms with E-state index in [0.717, 1.165) is 12.3 Å². The first-order valence-corrected chi connectivity index (χ1v) is 6.18. The van der Waals surface area contributed by atoms with Gasteiger partial charge in [0, 0.05) is 6.42 Å². The number of carbonyl (C=O) groups is 1. The Morgan fingerprint density at radius 1 is 1.62 bits per heavy atom. The normalized spacial score (nSPS) is 37.7. The molecule has 1 saturated heterocycles. The van der Waals surface area contributed by atoms with Gasteiger partial charge in [-0.15, -0.1) is 0 Å². The van der Waals surface area contributed by atoms with Gasteiger partial charge in [-0.25, -0.2) is 0 Å². The van der Waals surface area contributed by atoms with Crippen molar-refractivity contribution in [3.05, 3.63) is 0 Å². The number of carboxylic acids is 1. The molecule has 13 heavy (non-hydrogen) atoms. The maximum absolute atomic E-state index is 10.4.